The van der Waals surface area contributed by atoms with E-state index in [1.807, 2.05) is 0 Å². The number of rotatable bonds is 3. The average Bonchev–Trinajstić information content (AvgIpc) is 2.35. The van der Waals surface area contributed by atoms with E-state index >= 15 is 0 Å². The Morgan fingerprint density at radius 3 is 2.57 bits per heavy atom. The van der Waals surface area contributed by atoms with Crippen LogP contribution in [-0.4, -0.2) is 8.42 Å². The fourth-order valence-electron chi connectivity index (χ4n) is 1.69. The van der Waals surface area contributed by atoms with Crippen molar-refractivity contribution in [3.05, 3.63) is 51.2 Å². The molecule has 0 aromatic heterocycles. The lowest BCUT2D eigenvalue weighted by molar-refractivity contribution is 0.601. The average molecular weight is 394 g/mol. The van der Waals surface area contributed by atoms with Gasteiger partial charge in [0.1, 0.15) is 10.7 Å². The molecule has 0 aliphatic heterocycles. The molecular weight excluding hydrogens is 383 g/mol. The Labute approximate surface area is 135 Å². The second kappa shape index (κ2) is 5.82. The van der Waals surface area contributed by atoms with Crippen LogP contribution in [0.25, 0.3) is 0 Å². The van der Waals surface area contributed by atoms with Crippen LogP contribution >= 0.6 is 27.5 Å². The van der Waals surface area contributed by atoms with Crippen LogP contribution in [0.1, 0.15) is 5.56 Å². The molecule has 0 aliphatic carbocycles. The smallest absolute Gasteiger partial charge is 0.263 e. The predicted molar refractivity (Wildman–Crippen MR) is 85.5 cm³/mol. The number of hydrogen-bond acceptors (Lipinski definition) is 3. The minimum absolute atomic E-state index is 0.0151. The second-order valence-corrected chi connectivity index (χ2v) is 7.29. The van der Waals surface area contributed by atoms with E-state index in [9.17, 15) is 12.8 Å². The van der Waals surface area contributed by atoms with Gasteiger partial charge in [0, 0.05) is 5.69 Å². The van der Waals surface area contributed by atoms with Gasteiger partial charge in [0.15, 0.2) is 0 Å². The van der Waals surface area contributed by atoms with Gasteiger partial charge >= 0.3 is 0 Å². The van der Waals surface area contributed by atoms with E-state index in [2.05, 4.69) is 20.7 Å². The first-order valence-corrected chi connectivity index (χ1v) is 8.39. The first-order valence-electron chi connectivity index (χ1n) is 5.74. The number of nitrogens with two attached hydrogens (primary N) is 1. The molecule has 3 N–H and O–H groups in total. The minimum Gasteiger partial charge on any atom is -0.399 e. The van der Waals surface area contributed by atoms with E-state index in [1.54, 1.807) is 6.92 Å². The summed E-state index contributed by atoms with van der Waals surface area (Å²) in [5, 5.41) is 0.0151. The van der Waals surface area contributed by atoms with Gasteiger partial charge < -0.3 is 5.73 Å². The van der Waals surface area contributed by atoms with E-state index in [-0.39, 0.29) is 20.1 Å². The number of aryl methyl sites for hydroxylation is 1. The highest BCUT2D eigenvalue weighted by molar-refractivity contribution is 9.10. The molecule has 0 bridgehead atoms. The van der Waals surface area contributed by atoms with E-state index in [0.29, 0.717) is 11.3 Å². The van der Waals surface area contributed by atoms with Crippen LogP contribution < -0.4 is 10.5 Å². The van der Waals surface area contributed by atoms with Crippen LogP contribution in [0.15, 0.2) is 39.7 Å². The quantitative estimate of drug-likeness (QED) is 0.776. The van der Waals surface area contributed by atoms with Crippen LogP contribution in [0.4, 0.5) is 15.8 Å². The summed E-state index contributed by atoms with van der Waals surface area (Å²) in [5.74, 6) is -0.471. The van der Waals surface area contributed by atoms with Crippen molar-refractivity contribution in [3.8, 4) is 0 Å². The van der Waals surface area contributed by atoms with Crippen molar-refractivity contribution in [1.82, 2.24) is 0 Å². The van der Waals surface area contributed by atoms with Gasteiger partial charge in [-0.2, -0.15) is 0 Å². The molecule has 0 atom stereocenters. The highest BCUT2D eigenvalue weighted by Gasteiger charge is 2.19. The van der Waals surface area contributed by atoms with Crippen molar-refractivity contribution in [2.45, 2.75) is 11.8 Å². The molecule has 4 nitrogen and oxygen atoms in total. The molecule has 0 spiro atoms. The van der Waals surface area contributed by atoms with E-state index in [1.165, 1.54) is 30.3 Å². The first kappa shape index (κ1) is 16.1. The number of benzene rings is 2. The third-order valence-electron chi connectivity index (χ3n) is 2.76. The number of sulfonamides is 1. The van der Waals surface area contributed by atoms with Gasteiger partial charge in [-0.3, -0.25) is 4.72 Å². The molecule has 8 heteroatoms. The Morgan fingerprint density at radius 1 is 1.29 bits per heavy atom. The molecule has 2 aromatic carbocycles. The van der Waals surface area contributed by atoms with Crippen molar-refractivity contribution in [2.75, 3.05) is 10.5 Å². The lowest BCUT2D eigenvalue weighted by Crippen LogP contribution is -2.14. The molecule has 21 heavy (non-hydrogen) atoms. The zero-order chi connectivity index (χ0) is 15.8. The van der Waals surface area contributed by atoms with Crippen molar-refractivity contribution in [3.63, 3.8) is 0 Å². The Balaban J connectivity index is 2.45. The molecule has 0 aliphatic rings. The normalized spacial score (nSPS) is 11.4. The summed E-state index contributed by atoms with van der Waals surface area (Å²) in [6.07, 6.45) is 0. The summed E-state index contributed by atoms with van der Waals surface area (Å²) in [5.41, 5.74) is 6.61. The maximum absolute atomic E-state index is 13.4. The van der Waals surface area contributed by atoms with Gasteiger partial charge in [0.05, 0.1) is 15.2 Å². The summed E-state index contributed by atoms with van der Waals surface area (Å²) in [7, 11) is -3.89. The van der Waals surface area contributed by atoms with Crippen LogP contribution in [-0.2, 0) is 10.0 Å². The Bertz CT molecular complexity index is 812. The van der Waals surface area contributed by atoms with Gasteiger partial charge in [0.25, 0.3) is 10.0 Å². The topological polar surface area (TPSA) is 72.2 Å². The van der Waals surface area contributed by atoms with Gasteiger partial charge in [-0.05, 0) is 58.7 Å². The van der Waals surface area contributed by atoms with Crippen molar-refractivity contribution < 1.29 is 12.8 Å². The summed E-state index contributed by atoms with van der Waals surface area (Å²) < 4.78 is 40.6. The Morgan fingerprint density at radius 2 is 1.95 bits per heavy atom. The van der Waals surface area contributed by atoms with Gasteiger partial charge in [0.2, 0.25) is 0 Å². The molecular formula is C13H11BrClFN2O2S. The predicted octanol–water partition coefficient (Wildman–Crippen LogP) is 3.93. The minimum atomic E-state index is -3.89. The largest absolute Gasteiger partial charge is 0.399 e. The third kappa shape index (κ3) is 3.48. The van der Waals surface area contributed by atoms with Crippen LogP contribution in [0.5, 0.6) is 0 Å². The summed E-state index contributed by atoms with van der Waals surface area (Å²) >= 11 is 8.92. The number of nitrogens with one attached hydrogen (secondary N) is 1. The zero-order valence-corrected chi connectivity index (χ0v) is 14.0. The molecule has 0 heterocycles. The van der Waals surface area contributed by atoms with Gasteiger partial charge in [-0.15, -0.1) is 0 Å². The Hall–Kier alpha value is -1.31. The lowest BCUT2D eigenvalue weighted by Gasteiger charge is -2.12. The molecule has 0 saturated carbocycles. The van der Waals surface area contributed by atoms with Gasteiger partial charge in [-0.25, -0.2) is 12.8 Å². The number of hydrogen-bond donors (Lipinski definition) is 2. The number of nitrogen functional groups attached to an aromatic ring is 1. The third-order valence-corrected chi connectivity index (χ3v) is 5.21. The van der Waals surface area contributed by atoms with E-state index in [0.717, 1.165) is 0 Å². The fourth-order valence-corrected chi connectivity index (χ4v) is 3.71. The summed E-state index contributed by atoms with van der Waals surface area (Å²) in [6.45, 7) is 1.60. The molecule has 0 unspecified atom stereocenters. The highest BCUT2D eigenvalue weighted by atomic mass is 79.9. The van der Waals surface area contributed by atoms with E-state index < -0.39 is 15.8 Å². The molecule has 2 rings (SSSR count). The van der Waals surface area contributed by atoms with Crippen molar-refractivity contribution >= 4 is 48.9 Å². The van der Waals surface area contributed by atoms with E-state index in [4.69, 9.17) is 17.3 Å². The standard InChI is InChI=1S/C13H11BrClFN2O2S/c1-7-4-11(16)9(14)6-12(7)18-21(19,20)13-3-2-8(17)5-10(13)15/h2-6,18H,17H2,1H3. The molecule has 112 valence electrons. The summed E-state index contributed by atoms with van der Waals surface area (Å²) in [4.78, 5) is -0.0989. The molecule has 0 fully saturated rings. The zero-order valence-electron chi connectivity index (χ0n) is 10.8. The molecule has 2 aromatic rings. The Kier molecular flexibility index (Phi) is 4.46. The first-order chi connectivity index (χ1) is 9.70. The molecule has 0 amide bonds. The molecule has 0 saturated heterocycles. The monoisotopic (exact) mass is 392 g/mol. The van der Waals surface area contributed by atoms with Crippen LogP contribution in [0.2, 0.25) is 5.02 Å². The number of halogens is 3. The van der Waals surface area contributed by atoms with Crippen molar-refractivity contribution in [2.24, 2.45) is 0 Å². The lowest BCUT2D eigenvalue weighted by atomic mass is 10.2. The van der Waals surface area contributed by atoms with Gasteiger partial charge in [-0.1, -0.05) is 11.6 Å². The summed E-state index contributed by atoms with van der Waals surface area (Å²) in [6, 6.07) is 6.69. The number of anilines is 2. The van der Waals surface area contributed by atoms with Crippen LogP contribution in [0.3, 0.4) is 0 Å². The second-order valence-electron chi connectivity index (χ2n) is 4.38. The van der Waals surface area contributed by atoms with Crippen molar-refractivity contribution in [1.29, 1.82) is 0 Å². The SMILES string of the molecule is Cc1cc(F)c(Br)cc1NS(=O)(=O)c1ccc(N)cc1Cl. The maximum Gasteiger partial charge on any atom is 0.263 e. The molecule has 0 radical (unpaired) electrons. The highest BCUT2D eigenvalue weighted by Crippen LogP contribution is 2.29. The van der Waals surface area contributed by atoms with Crippen LogP contribution in [0, 0.1) is 12.7 Å². The maximum atomic E-state index is 13.4. The fraction of sp³-hybridized carbons (Fsp3) is 0.0769.